The van der Waals surface area contributed by atoms with Crippen LogP contribution in [-0.4, -0.2) is 9.78 Å². The Balaban J connectivity index is 2.53. The molecule has 0 bridgehead atoms. The van der Waals surface area contributed by atoms with Gasteiger partial charge in [-0.3, -0.25) is 4.68 Å². The van der Waals surface area contributed by atoms with Crippen LogP contribution in [0.25, 0.3) is 0 Å². The van der Waals surface area contributed by atoms with Gasteiger partial charge in [0.1, 0.15) is 0 Å². The molecule has 1 rings (SSSR count). The number of rotatable bonds is 6. The van der Waals surface area contributed by atoms with Crippen molar-refractivity contribution < 1.29 is 0 Å². The molecule has 86 valence electrons. The highest BCUT2D eigenvalue weighted by molar-refractivity contribution is 5.09. The van der Waals surface area contributed by atoms with Crippen molar-refractivity contribution in [2.75, 3.05) is 0 Å². The topological polar surface area (TPSA) is 43.8 Å². The summed E-state index contributed by atoms with van der Waals surface area (Å²) in [6.07, 6.45) is 7.34. The van der Waals surface area contributed by atoms with E-state index in [0.717, 1.165) is 19.4 Å². The zero-order valence-electron chi connectivity index (χ0n) is 10.1. The first-order valence-electron chi connectivity index (χ1n) is 5.95. The highest BCUT2D eigenvalue weighted by Crippen LogP contribution is 2.20. The van der Waals surface area contributed by atoms with Crippen LogP contribution in [0.15, 0.2) is 12.4 Å². The lowest BCUT2D eigenvalue weighted by Gasteiger charge is -2.14. The summed E-state index contributed by atoms with van der Waals surface area (Å²) in [5, 5.41) is 4.30. The van der Waals surface area contributed by atoms with Crippen LogP contribution in [0.3, 0.4) is 0 Å². The van der Waals surface area contributed by atoms with Crippen molar-refractivity contribution in [3.05, 3.63) is 18.0 Å². The molecule has 1 aromatic rings. The molecule has 2 atom stereocenters. The summed E-state index contributed by atoms with van der Waals surface area (Å²) < 4.78 is 1.98. The largest absolute Gasteiger partial charge is 0.324 e. The fraction of sp³-hybridized carbons (Fsp3) is 0.750. The van der Waals surface area contributed by atoms with E-state index >= 15 is 0 Å². The lowest BCUT2D eigenvalue weighted by Crippen LogP contribution is -2.13. The van der Waals surface area contributed by atoms with Crippen LogP contribution in [0.5, 0.6) is 0 Å². The van der Waals surface area contributed by atoms with Crippen LogP contribution >= 0.6 is 0 Å². The molecule has 0 amide bonds. The fourth-order valence-electron chi connectivity index (χ4n) is 1.66. The highest BCUT2D eigenvalue weighted by atomic mass is 15.3. The van der Waals surface area contributed by atoms with Gasteiger partial charge in [0, 0.05) is 24.3 Å². The van der Waals surface area contributed by atoms with Crippen LogP contribution in [0, 0.1) is 5.92 Å². The quantitative estimate of drug-likeness (QED) is 0.783. The number of aryl methyl sites for hydroxylation is 1. The second kappa shape index (κ2) is 5.91. The summed E-state index contributed by atoms with van der Waals surface area (Å²) in [6.45, 7) is 7.59. The third kappa shape index (κ3) is 3.67. The summed E-state index contributed by atoms with van der Waals surface area (Å²) in [5.41, 5.74) is 7.30. The van der Waals surface area contributed by atoms with E-state index in [-0.39, 0.29) is 6.04 Å². The Morgan fingerprint density at radius 2 is 2.20 bits per heavy atom. The Bertz CT molecular complexity index is 280. The van der Waals surface area contributed by atoms with Crippen molar-refractivity contribution in [2.45, 2.75) is 52.6 Å². The smallest absolute Gasteiger partial charge is 0.0537 e. The minimum Gasteiger partial charge on any atom is -0.324 e. The first-order chi connectivity index (χ1) is 7.17. The van der Waals surface area contributed by atoms with Crippen LogP contribution in [0.2, 0.25) is 0 Å². The molecule has 0 aromatic carbocycles. The molecule has 1 aromatic heterocycles. The van der Waals surface area contributed by atoms with E-state index in [9.17, 15) is 0 Å². The van der Waals surface area contributed by atoms with Gasteiger partial charge in [-0.25, -0.2) is 0 Å². The standard InChI is InChI=1S/C12H23N3/c1-4-6-15-9-11(8-14-15)12(13)7-10(3)5-2/h8-10,12H,4-7,13H2,1-3H3. The molecule has 3 nitrogen and oxygen atoms in total. The van der Waals surface area contributed by atoms with Gasteiger partial charge in [-0.2, -0.15) is 5.10 Å². The second-order valence-electron chi connectivity index (χ2n) is 4.39. The zero-order chi connectivity index (χ0) is 11.3. The van der Waals surface area contributed by atoms with Gasteiger partial charge in [0.15, 0.2) is 0 Å². The lowest BCUT2D eigenvalue weighted by molar-refractivity contribution is 0.461. The van der Waals surface area contributed by atoms with Gasteiger partial charge >= 0.3 is 0 Å². The number of hydrogen-bond donors (Lipinski definition) is 1. The van der Waals surface area contributed by atoms with Crippen LogP contribution < -0.4 is 5.73 Å². The van der Waals surface area contributed by atoms with Crippen molar-refractivity contribution >= 4 is 0 Å². The Morgan fingerprint density at radius 3 is 2.80 bits per heavy atom. The third-order valence-electron chi connectivity index (χ3n) is 2.89. The molecule has 0 saturated heterocycles. The maximum absolute atomic E-state index is 6.13. The first kappa shape index (κ1) is 12.2. The molecule has 0 fully saturated rings. The SMILES string of the molecule is CCCn1cc(C(N)CC(C)CC)cn1. The van der Waals surface area contributed by atoms with E-state index in [1.54, 1.807) is 0 Å². The summed E-state index contributed by atoms with van der Waals surface area (Å²) in [5.74, 6) is 0.689. The maximum atomic E-state index is 6.13. The maximum Gasteiger partial charge on any atom is 0.0537 e. The predicted molar refractivity (Wildman–Crippen MR) is 63.5 cm³/mol. The van der Waals surface area contributed by atoms with Gasteiger partial charge in [-0.05, 0) is 18.8 Å². The molecular weight excluding hydrogens is 186 g/mol. The summed E-state index contributed by atoms with van der Waals surface area (Å²) in [7, 11) is 0. The van der Waals surface area contributed by atoms with E-state index in [0.29, 0.717) is 5.92 Å². The normalized spacial score (nSPS) is 15.2. The van der Waals surface area contributed by atoms with Crippen molar-refractivity contribution in [2.24, 2.45) is 11.7 Å². The fourth-order valence-corrected chi connectivity index (χ4v) is 1.66. The van der Waals surface area contributed by atoms with Crippen molar-refractivity contribution in [3.63, 3.8) is 0 Å². The Kier molecular flexibility index (Phi) is 4.82. The molecule has 2 N–H and O–H groups in total. The van der Waals surface area contributed by atoms with Crippen molar-refractivity contribution in [1.82, 2.24) is 9.78 Å². The molecule has 0 aliphatic rings. The number of aromatic nitrogens is 2. The average Bonchev–Trinajstić information content (AvgIpc) is 2.67. The van der Waals surface area contributed by atoms with E-state index in [1.807, 2.05) is 10.9 Å². The minimum absolute atomic E-state index is 0.144. The monoisotopic (exact) mass is 209 g/mol. The number of nitrogens with two attached hydrogens (primary N) is 1. The van der Waals surface area contributed by atoms with Gasteiger partial charge in [0.05, 0.1) is 6.20 Å². The molecule has 0 aliphatic carbocycles. The summed E-state index contributed by atoms with van der Waals surface area (Å²) >= 11 is 0. The number of nitrogens with zero attached hydrogens (tertiary/aromatic N) is 2. The molecule has 0 saturated carbocycles. The predicted octanol–water partition coefficient (Wildman–Crippen LogP) is 2.73. The molecule has 15 heavy (non-hydrogen) atoms. The van der Waals surface area contributed by atoms with E-state index < -0.39 is 0 Å². The van der Waals surface area contributed by atoms with Crippen molar-refractivity contribution in [3.8, 4) is 0 Å². The average molecular weight is 209 g/mol. The molecule has 1 heterocycles. The Morgan fingerprint density at radius 1 is 1.47 bits per heavy atom. The van der Waals surface area contributed by atoms with E-state index in [2.05, 4.69) is 32.1 Å². The van der Waals surface area contributed by atoms with Gasteiger partial charge < -0.3 is 5.73 Å². The second-order valence-corrected chi connectivity index (χ2v) is 4.39. The van der Waals surface area contributed by atoms with Gasteiger partial charge in [-0.1, -0.05) is 27.2 Å². The number of hydrogen-bond acceptors (Lipinski definition) is 2. The first-order valence-corrected chi connectivity index (χ1v) is 5.95. The minimum atomic E-state index is 0.144. The molecule has 0 aliphatic heterocycles. The Labute approximate surface area is 92.7 Å². The van der Waals surface area contributed by atoms with Crippen LogP contribution in [0.1, 0.15) is 51.6 Å². The Hall–Kier alpha value is -0.830. The molecule has 2 unspecified atom stereocenters. The molecular formula is C12H23N3. The van der Waals surface area contributed by atoms with E-state index in [4.69, 9.17) is 5.73 Å². The third-order valence-corrected chi connectivity index (χ3v) is 2.89. The van der Waals surface area contributed by atoms with Crippen LogP contribution in [-0.2, 0) is 6.54 Å². The molecule has 0 radical (unpaired) electrons. The molecule has 3 heteroatoms. The zero-order valence-corrected chi connectivity index (χ0v) is 10.1. The highest BCUT2D eigenvalue weighted by Gasteiger charge is 2.11. The summed E-state index contributed by atoms with van der Waals surface area (Å²) in [4.78, 5) is 0. The van der Waals surface area contributed by atoms with Crippen molar-refractivity contribution in [1.29, 1.82) is 0 Å². The summed E-state index contributed by atoms with van der Waals surface area (Å²) in [6, 6.07) is 0.144. The lowest BCUT2D eigenvalue weighted by atomic mass is 9.97. The van der Waals surface area contributed by atoms with E-state index in [1.165, 1.54) is 12.0 Å². The molecule has 0 spiro atoms. The van der Waals surface area contributed by atoms with Gasteiger partial charge in [0.25, 0.3) is 0 Å². The van der Waals surface area contributed by atoms with Gasteiger partial charge in [0.2, 0.25) is 0 Å². The van der Waals surface area contributed by atoms with Crippen LogP contribution in [0.4, 0.5) is 0 Å². The van der Waals surface area contributed by atoms with Gasteiger partial charge in [-0.15, -0.1) is 0 Å².